The predicted octanol–water partition coefficient (Wildman–Crippen LogP) is 4.79. The topological polar surface area (TPSA) is 72.3 Å². The van der Waals surface area contributed by atoms with E-state index in [4.69, 9.17) is 4.74 Å². The smallest absolute Gasteiger partial charge is 0.433 e. The first kappa shape index (κ1) is 20.3. The van der Waals surface area contributed by atoms with Gasteiger partial charge in [0.2, 0.25) is 0 Å². The normalized spacial score (nSPS) is 11.3. The summed E-state index contributed by atoms with van der Waals surface area (Å²) in [7, 11) is 0. The Bertz CT molecular complexity index is 1000. The fourth-order valence-electron chi connectivity index (χ4n) is 2.84. The molecule has 8 heteroatoms. The monoisotopic (exact) mass is 402 g/mol. The fourth-order valence-corrected chi connectivity index (χ4v) is 2.84. The zero-order valence-electron chi connectivity index (χ0n) is 15.4. The quantitative estimate of drug-likeness (QED) is 0.642. The summed E-state index contributed by atoms with van der Waals surface area (Å²) in [6.45, 7) is 1.86. The third-order valence-corrected chi connectivity index (χ3v) is 4.33. The number of nitrogens with zero attached hydrogens (tertiary/aromatic N) is 2. The molecule has 0 saturated carbocycles. The molecule has 0 atom stereocenters. The summed E-state index contributed by atoms with van der Waals surface area (Å²) in [5.74, 6) is -1.16. The minimum absolute atomic E-state index is 0.0887. The molecule has 29 heavy (non-hydrogen) atoms. The number of aromatic carboxylic acids is 1. The van der Waals surface area contributed by atoms with Crippen LogP contribution in [0.3, 0.4) is 0 Å². The number of hydrogen-bond acceptors (Lipinski definition) is 4. The molecule has 150 valence electrons. The van der Waals surface area contributed by atoms with E-state index in [1.165, 1.54) is 12.3 Å². The molecule has 5 nitrogen and oxygen atoms in total. The molecular formula is C21H17F3N2O3. The number of ether oxygens (including phenoxy) is 1. The first-order chi connectivity index (χ1) is 13.8. The standard InChI is InChI=1S/C21H17F3N2O3/c1-13-16(15-7-8-17(25-11-15)21(22,23)24)12-26-18(20(27)28)19(13)29-10-9-14-5-3-2-4-6-14/h2-8,11-12H,9-10H2,1H3,(H,27,28). The molecule has 2 heterocycles. The van der Waals surface area contributed by atoms with E-state index in [0.29, 0.717) is 23.1 Å². The van der Waals surface area contributed by atoms with Gasteiger partial charge < -0.3 is 9.84 Å². The summed E-state index contributed by atoms with van der Waals surface area (Å²) >= 11 is 0. The van der Waals surface area contributed by atoms with Gasteiger partial charge in [-0.25, -0.2) is 9.78 Å². The van der Waals surface area contributed by atoms with Crippen LogP contribution in [0, 0.1) is 6.92 Å². The molecule has 0 fully saturated rings. The van der Waals surface area contributed by atoms with E-state index < -0.39 is 17.8 Å². The molecule has 3 rings (SSSR count). The molecule has 1 aromatic carbocycles. The van der Waals surface area contributed by atoms with Gasteiger partial charge in [-0.3, -0.25) is 4.98 Å². The molecule has 3 aromatic rings. The minimum atomic E-state index is -4.54. The number of carboxylic acids is 1. The van der Waals surface area contributed by atoms with Crippen LogP contribution in [0.15, 0.2) is 54.9 Å². The van der Waals surface area contributed by atoms with E-state index in [1.807, 2.05) is 30.3 Å². The highest BCUT2D eigenvalue weighted by Gasteiger charge is 2.32. The van der Waals surface area contributed by atoms with Crippen molar-refractivity contribution in [3.8, 4) is 16.9 Å². The van der Waals surface area contributed by atoms with Gasteiger partial charge in [-0.1, -0.05) is 36.4 Å². The molecule has 2 aromatic heterocycles. The van der Waals surface area contributed by atoms with Crippen molar-refractivity contribution in [1.29, 1.82) is 0 Å². The van der Waals surface area contributed by atoms with Gasteiger partial charge in [0.25, 0.3) is 0 Å². The molecule has 0 aliphatic rings. The molecule has 0 saturated heterocycles. The number of rotatable bonds is 6. The van der Waals surface area contributed by atoms with Gasteiger partial charge >= 0.3 is 12.1 Å². The van der Waals surface area contributed by atoms with Crippen LogP contribution in [0.5, 0.6) is 5.75 Å². The number of hydrogen-bond donors (Lipinski definition) is 1. The summed E-state index contributed by atoms with van der Waals surface area (Å²) in [5.41, 5.74) is 1.07. The Kier molecular flexibility index (Phi) is 5.81. The average Bonchev–Trinajstić information content (AvgIpc) is 2.69. The van der Waals surface area contributed by atoms with Crippen molar-refractivity contribution in [3.63, 3.8) is 0 Å². The predicted molar refractivity (Wildman–Crippen MR) is 99.8 cm³/mol. The Balaban J connectivity index is 1.89. The Labute approximate surface area is 164 Å². The fraction of sp³-hybridized carbons (Fsp3) is 0.190. The van der Waals surface area contributed by atoms with Gasteiger partial charge in [0.05, 0.1) is 6.61 Å². The number of alkyl halides is 3. The zero-order valence-corrected chi connectivity index (χ0v) is 15.4. The number of pyridine rings is 2. The van der Waals surface area contributed by atoms with E-state index in [1.54, 1.807) is 6.92 Å². The van der Waals surface area contributed by atoms with Crippen LogP contribution >= 0.6 is 0 Å². The van der Waals surface area contributed by atoms with Crippen molar-refractivity contribution < 1.29 is 27.8 Å². The lowest BCUT2D eigenvalue weighted by Gasteiger charge is -2.15. The molecule has 1 N–H and O–H groups in total. The summed E-state index contributed by atoms with van der Waals surface area (Å²) in [6.07, 6.45) is -1.59. The van der Waals surface area contributed by atoms with Crippen molar-refractivity contribution in [3.05, 3.63) is 77.4 Å². The van der Waals surface area contributed by atoms with Gasteiger partial charge in [-0.05, 0) is 18.6 Å². The molecule has 0 radical (unpaired) electrons. The second kappa shape index (κ2) is 8.30. The van der Waals surface area contributed by atoms with Gasteiger partial charge in [-0.2, -0.15) is 13.2 Å². The van der Waals surface area contributed by atoms with Crippen LogP contribution in [0.25, 0.3) is 11.1 Å². The van der Waals surface area contributed by atoms with Crippen LogP contribution in [0.4, 0.5) is 13.2 Å². The number of benzene rings is 1. The maximum atomic E-state index is 12.7. The van der Waals surface area contributed by atoms with Crippen LogP contribution in [-0.2, 0) is 12.6 Å². The van der Waals surface area contributed by atoms with Gasteiger partial charge in [0.15, 0.2) is 11.4 Å². The van der Waals surface area contributed by atoms with E-state index in [9.17, 15) is 23.1 Å². The average molecular weight is 402 g/mol. The molecule has 0 spiro atoms. The highest BCUT2D eigenvalue weighted by atomic mass is 19.4. The molecule has 0 bridgehead atoms. The van der Waals surface area contributed by atoms with Crippen LogP contribution < -0.4 is 4.74 Å². The van der Waals surface area contributed by atoms with E-state index in [2.05, 4.69) is 9.97 Å². The maximum absolute atomic E-state index is 12.7. The van der Waals surface area contributed by atoms with Gasteiger partial charge in [0.1, 0.15) is 5.69 Å². The van der Waals surface area contributed by atoms with E-state index >= 15 is 0 Å². The highest BCUT2D eigenvalue weighted by Crippen LogP contribution is 2.33. The van der Waals surface area contributed by atoms with Crippen LogP contribution in [0.1, 0.15) is 27.3 Å². The van der Waals surface area contributed by atoms with Crippen LogP contribution in [0.2, 0.25) is 0 Å². The second-order valence-electron chi connectivity index (χ2n) is 6.29. The van der Waals surface area contributed by atoms with Crippen molar-refractivity contribution in [2.45, 2.75) is 19.5 Å². The lowest BCUT2D eigenvalue weighted by Crippen LogP contribution is -2.11. The van der Waals surface area contributed by atoms with Crippen molar-refractivity contribution in [1.82, 2.24) is 9.97 Å². The van der Waals surface area contributed by atoms with E-state index in [-0.39, 0.29) is 18.1 Å². The number of aromatic nitrogens is 2. The zero-order chi connectivity index (χ0) is 21.0. The summed E-state index contributed by atoms with van der Waals surface area (Å²) in [6, 6.07) is 11.7. The van der Waals surface area contributed by atoms with Crippen LogP contribution in [-0.4, -0.2) is 27.7 Å². The van der Waals surface area contributed by atoms with Gasteiger partial charge in [0, 0.05) is 35.5 Å². The third-order valence-electron chi connectivity index (χ3n) is 4.33. The number of carbonyl (C=O) groups is 1. The third kappa shape index (κ3) is 4.71. The Morgan fingerprint density at radius 3 is 2.38 bits per heavy atom. The van der Waals surface area contributed by atoms with Crippen molar-refractivity contribution in [2.75, 3.05) is 6.61 Å². The first-order valence-electron chi connectivity index (χ1n) is 8.70. The second-order valence-corrected chi connectivity index (χ2v) is 6.29. The summed E-state index contributed by atoms with van der Waals surface area (Å²) in [5, 5.41) is 9.41. The maximum Gasteiger partial charge on any atom is 0.433 e. The largest absolute Gasteiger partial charge is 0.490 e. The minimum Gasteiger partial charge on any atom is -0.490 e. The Morgan fingerprint density at radius 1 is 1.07 bits per heavy atom. The lowest BCUT2D eigenvalue weighted by atomic mass is 10.0. The van der Waals surface area contributed by atoms with Gasteiger partial charge in [-0.15, -0.1) is 0 Å². The van der Waals surface area contributed by atoms with Crippen molar-refractivity contribution in [2.24, 2.45) is 0 Å². The lowest BCUT2D eigenvalue weighted by molar-refractivity contribution is -0.141. The molecule has 0 aliphatic carbocycles. The number of carboxylic acid groups (broad SMARTS) is 1. The molecule has 0 unspecified atom stereocenters. The van der Waals surface area contributed by atoms with E-state index in [0.717, 1.165) is 17.8 Å². The highest BCUT2D eigenvalue weighted by molar-refractivity contribution is 5.90. The Hall–Kier alpha value is -3.42. The molecule has 0 aliphatic heterocycles. The molecular weight excluding hydrogens is 385 g/mol. The number of halogens is 3. The molecule has 0 amide bonds. The van der Waals surface area contributed by atoms with Crippen molar-refractivity contribution >= 4 is 5.97 Å². The summed E-state index contributed by atoms with van der Waals surface area (Å²) < 4.78 is 43.9. The summed E-state index contributed by atoms with van der Waals surface area (Å²) in [4.78, 5) is 18.9. The SMILES string of the molecule is Cc1c(-c2ccc(C(F)(F)F)nc2)cnc(C(=O)O)c1OCCc1ccccc1. The Morgan fingerprint density at radius 2 is 1.79 bits per heavy atom. The first-order valence-corrected chi connectivity index (χ1v) is 8.70.